The van der Waals surface area contributed by atoms with Gasteiger partial charge in [-0.05, 0) is 44.2 Å². The highest BCUT2D eigenvalue weighted by atomic mass is 16.2. The Morgan fingerprint density at radius 2 is 2.24 bits per heavy atom. The number of nitrogens with one attached hydrogen (secondary N) is 2. The average Bonchev–Trinajstić information content (AvgIpc) is 2.66. The van der Waals surface area contributed by atoms with Gasteiger partial charge in [0.15, 0.2) is 5.96 Å². The second kappa shape index (κ2) is 9.15. The van der Waals surface area contributed by atoms with Crippen molar-refractivity contribution >= 4 is 17.8 Å². The van der Waals surface area contributed by atoms with Crippen LogP contribution in [0.25, 0.3) is 0 Å². The molecule has 1 aliphatic rings. The summed E-state index contributed by atoms with van der Waals surface area (Å²) in [5.74, 6) is 0.331. The maximum absolute atomic E-state index is 12.5. The number of piperidine rings is 1. The van der Waals surface area contributed by atoms with Crippen LogP contribution in [0.1, 0.15) is 43.1 Å². The first kappa shape index (κ1) is 18.9. The average molecular weight is 345 g/mol. The molecule has 1 aromatic rings. The maximum atomic E-state index is 12.5. The Morgan fingerprint density at radius 1 is 1.44 bits per heavy atom. The van der Waals surface area contributed by atoms with Gasteiger partial charge in [-0.1, -0.05) is 6.07 Å². The largest absolute Gasteiger partial charge is 0.356 e. The van der Waals surface area contributed by atoms with Gasteiger partial charge in [0.2, 0.25) is 5.91 Å². The lowest BCUT2D eigenvalue weighted by atomic mass is 9.93. The van der Waals surface area contributed by atoms with E-state index in [-0.39, 0.29) is 17.8 Å². The third kappa shape index (κ3) is 5.27. The third-order valence-electron chi connectivity index (χ3n) is 4.51. The van der Waals surface area contributed by atoms with E-state index in [1.807, 2.05) is 17.9 Å². The van der Waals surface area contributed by atoms with Crippen LogP contribution in [-0.4, -0.2) is 59.2 Å². The molecule has 0 saturated carbocycles. The summed E-state index contributed by atoms with van der Waals surface area (Å²) < 4.78 is 0. The number of rotatable bonds is 5. The molecule has 1 aliphatic heterocycles. The molecular weight excluding hydrogens is 318 g/mol. The minimum absolute atomic E-state index is 0.0392. The highest BCUT2D eigenvalue weighted by Gasteiger charge is 2.26. The molecule has 0 aromatic carbocycles. The number of hydrogen-bond donors (Lipinski definition) is 2. The van der Waals surface area contributed by atoms with E-state index in [0.717, 1.165) is 25.8 Å². The molecule has 136 valence electrons. The van der Waals surface area contributed by atoms with Gasteiger partial charge in [-0.25, -0.2) is 0 Å². The summed E-state index contributed by atoms with van der Waals surface area (Å²) >= 11 is 0. The van der Waals surface area contributed by atoms with Gasteiger partial charge in [0, 0.05) is 39.3 Å². The molecule has 0 bridgehead atoms. The highest BCUT2D eigenvalue weighted by molar-refractivity contribution is 5.95. The fourth-order valence-corrected chi connectivity index (χ4v) is 3.04. The second-order valence-corrected chi connectivity index (χ2v) is 6.34. The minimum atomic E-state index is -0.0703. The van der Waals surface area contributed by atoms with Crippen molar-refractivity contribution in [2.45, 2.75) is 32.6 Å². The van der Waals surface area contributed by atoms with E-state index >= 15 is 0 Å². The van der Waals surface area contributed by atoms with Crippen molar-refractivity contribution < 1.29 is 9.59 Å². The number of hydrogen-bond acceptors (Lipinski definition) is 4. The summed E-state index contributed by atoms with van der Waals surface area (Å²) in [6.45, 7) is 3.91. The van der Waals surface area contributed by atoms with Gasteiger partial charge in [-0.3, -0.25) is 24.9 Å². The van der Waals surface area contributed by atoms with E-state index in [1.165, 1.54) is 4.90 Å². The van der Waals surface area contributed by atoms with E-state index < -0.39 is 0 Å². The number of aromatic nitrogens is 1. The van der Waals surface area contributed by atoms with E-state index in [1.54, 1.807) is 25.4 Å². The summed E-state index contributed by atoms with van der Waals surface area (Å²) in [6.07, 6.45) is 4.71. The fraction of sp³-hybridized carbons (Fsp3) is 0.556. The Morgan fingerprint density at radius 3 is 2.92 bits per heavy atom. The molecule has 1 unspecified atom stereocenters. The van der Waals surface area contributed by atoms with Crippen LogP contribution in [0.5, 0.6) is 0 Å². The predicted octanol–water partition coefficient (Wildman–Crippen LogP) is 1.72. The first-order valence-corrected chi connectivity index (χ1v) is 8.82. The van der Waals surface area contributed by atoms with Gasteiger partial charge in [0.25, 0.3) is 5.91 Å². The van der Waals surface area contributed by atoms with Crippen LogP contribution in [-0.2, 0) is 4.79 Å². The van der Waals surface area contributed by atoms with Gasteiger partial charge in [-0.2, -0.15) is 0 Å². The topological polar surface area (TPSA) is 89.4 Å². The number of pyridine rings is 1. The van der Waals surface area contributed by atoms with Crippen LogP contribution < -0.4 is 5.32 Å². The van der Waals surface area contributed by atoms with Gasteiger partial charge < -0.3 is 10.2 Å². The molecule has 1 atom stereocenters. The van der Waals surface area contributed by atoms with Crippen molar-refractivity contribution in [1.29, 1.82) is 5.41 Å². The predicted molar refractivity (Wildman–Crippen MR) is 96.3 cm³/mol. The molecule has 2 heterocycles. The van der Waals surface area contributed by atoms with E-state index in [2.05, 4.69) is 10.3 Å². The van der Waals surface area contributed by atoms with Gasteiger partial charge in [-0.15, -0.1) is 0 Å². The third-order valence-corrected chi connectivity index (χ3v) is 4.51. The van der Waals surface area contributed by atoms with E-state index in [4.69, 9.17) is 5.41 Å². The zero-order valence-electron chi connectivity index (χ0n) is 15.0. The molecule has 7 nitrogen and oxygen atoms in total. The maximum Gasteiger partial charge on any atom is 0.272 e. The minimum Gasteiger partial charge on any atom is -0.356 e. The Balaban J connectivity index is 1.84. The van der Waals surface area contributed by atoms with Crippen LogP contribution >= 0.6 is 0 Å². The molecular formula is C18H27N5O2. The fourth-order valence-electron chi connectivity index (χ4n) is 3.04. The van der Waals surface area contributed by atoms with Crippen LogP contribution in [0.4, 0.5) is 0 Å². The van der Waals surface area contributed by atoms with Crippen LogP contribution in [0.2, 0.25) is 0 Å². The molecule has 0 radical (unpaired) electrons. The first-order chi connectivity index (χ1) is 12.0. The Labute approximate surface area is 148 Å². The number of carbonyl (C=O) groups excluding carboxylic acids is 2. The quantitative estimate of drug-likeness (QED) is 0.628. The highest BCUT2D eigenvalue weighted by Crippen LogP contribution is 2.22. The van der Waals surface area contributed by atoms with Crippen molar-refractivity contribution in [2.75, 3.05) is 26.7 Å². The van der Waals surface area contributed by atoms with E-state index in [9.17, 15) is 9.59 Å². The number of amides is 2. The van der Waals surface area contributed by atoms with Crippen molar-refractivity contribution in [3.8, 4) is 0 Å². The van der Waals surface area contributed by atoms with Crippen LogP contribution in [0.15, 0.2) is 24.4 Å². The number of nitrogens with zero attached hydrogens (tertiary/aromatic N) is 3. The molecule has 2 rings (SSSR count). The van der Waals surface area contributed by atoms with Crippen LogP contribution in [0, 0.1) is 11.3 Å². The monoisotopic (exact) mass is 345 g/mol. The van der Waals surface area contributed by atoms with Gasteiger partial charge in [0.1, 0.15) is 5.69 Å². The molecule has 0 aliphatic carbocycles. The molecule has 2 N–H and O–H groups in total. The van der Waals surface area contributed by atoms with Crippen LogP contribution in [0.3, 0.4) is 0 Å². The summed E-state index contributed by atoms with van der Waals surface area (Å²) in [5, 5.41) is 10.6. The molecule has 1 aromatic heterocycles. The molecule has 0 spiro atoms. The van der Waals surface area contributed by atoms with Crippen molar-refractivity contribution in [1.82, 2.24) is 20.1 Å². The standard InChI is InChI=1S/C18H27N5O2/c1-3-20-18(19)22(2)16(24)10-9-14-7-6-12-23(13-14)17(25)15-8-4-5-11-21-15/h4-5,8,11,14H,3,6-7,9-10,12-13H2,1-2H3,(H2,19,20). The SMILES string of the molecule is CCNC(=N)N(C)C(=O)CCC1CCCN(C(=O)c2ccccn2)C1. The van der Waals surface area contributed by atoms with E-state index in [0.29, 0.717) is 31.1 Å². The lowest BCUT2D eigenvalue weighted by Crippen LogP contribution is -2.42. The normalized spacial score (nSPS) is 17.0. The summed E-state index contributed by atoms with van der Waals surface area (Å²) in [5.41, 5.74) is 0.470. The van der Waals surface area contributed by atoms with Gasteiger partial charge >= 0.3 is 0 Å². The Hall–Kier alpha value is -2.44. The lowest BCUT2D eigenvalue weighted by molar-refractivity contribution is -0.126. The zero-order chi connectivity index (χ0) is 18.2. The number of guanidine groups is 1. The molecule has 2 amide bonds. The Bertz CT molecular complexity index is 605. The van der Waals surface area contributed by atoms with Crippen molar-refractivity contribution in [2.24, 2.45) is 5.92 Å². The smallest absolute Gasteiger partial charge is 0.272 e. The molecule has 25 heavy (non-hydrogen) atoms. The molecule has 1 fully saturated rings. The van der Waals surface area contributed by atoms with Crippen molar-refractivity contribution in [3.05, 3.63) is 30.1 Å². The second-order valence-electron chi connectivity index (χ2n) is 6.34. The summed E-state index contributed by atoms with van der Waals surface area (Å²) in [4.78, 5) is 32.0. The number of likely N-dealkylation sites (tertiary alicyclic amines) is 1. The molecule has 1 saturated heterocycles. The number of carbonyl (C=O) groups is 2. The molecule has 7 heteroatoms. The summed E-state index contributed by atoms with van der Waals surface area (Å²) in [7, 11) is 1.62. The Kier molecular flexibility index (Phi) is 6.91. The first-order valence-electron chi connectivity index (χ1n) is 8.82. The van der Waals surface area contributed by atoms with Gasteiger partial charge in [0.05, 0.1) is 0 Å². The summed E-state index contributed by atoms with van der Waals surface area (Å²) in [6, 6.07) is 5.34. The zero-order valence-corrected chi connectivity index (χ0v) is 15.0. The van der Waals surface area contributed by atoms with Crippen molar-refractivity contribution in [3.63, 3.8) is 0 Å². The lowest BCUT2D eigenvalue weighted by Gasteiger charge is -2.32.